The zero-order valence-corrected chi connectivity index (χ0v) is 14.9. The van der Waals surface area contributed by atoms with E-state index in [-0.39, 0.29) is 5.91 Å². The molecule has 0 atom stereocenters. The fourth-order valence-corrected chi connectivity index (χ4v) is 2.69. The van der Waals surface area contributed by atoms with Crippen LogP contribution in [0.5, 0.6) is 0 Å². The van der Waals surface area contributed by atoms with Crippen LogP contribution in [0.15, 0.2) is 64.1 Å². The predicted octanol–water partition coefficient (Wildman–Crippen LogP) is 5.67. The van der Waals surface area contributed by atoms with Gasteiger partial charge in [0.2, 0.25) is 0 Å². The summed E-state index contributed by atoms with van der Waals surface area (Å²) >= 11 is 18.0. The van der Waals surface area contributed by atoms with Crippen molar-refractivity contribution >= 4 is 46.9 Å². The third-order valence-corrected chi connectivity index (χ3v) is 4.34. The molecule has 7 heteroatoms. The molecule has 0 radical (unpaired) electrons. The smallest absolute Gasteiger partial charge is 0.271 e. The SMILES string of the molecule is O=C(N/N=C/c1ccc(-c2cccc(Cl)c2Cl)o1)c1cccc(Cl)c1. The van der Waals surface area contributed by atoms with Gasteiger partial charge in [-0.1, -0.05) is 46.9 Å². The quantitative estimate of drug-likeness (QED) is 0.458. The lowest BCUT2D eigenvalue weighted by Crippen LogP contribution is -2.17. The molecule has 0 aliphatic carbocycles. The predicted molar refractivity (Wildman–Crippen MR) is 101 cm³/mol. The van der Waals surface area contributed by atoms with Crippen LogP contribution in [0.25, 0.3) is 11.3 Å². The molecule has 0 bridgehead atoms. The van der Waals surface area contributed by atoms with E-state index in [0.29, 0.717) is 37.7 Å². The Labute approximate surface area is 159 Å². The fraction of sp³-hybridized carbons (Fsp3) is 0. The average Bonchev–Trinajstić information content (AvgIpc) is 3.06. The number of benzene rings is 2. The van der Waals surface area contributed by atoms with E-state index in [1.165, 1.54) is 6.21 Å². The van der Waals surface area contributed by atoms with E-state index in [0.717, 1.165) is 0 Å². The lowest BCUT2D eigenvalue weighted by atomic mass is 10.2. The van der Waals surface area contributed by atoms with Crippen LogP contribution in [0.1, 0.15) is 16.1 Å². The van der Waals surface area contributed by atoms with E-state index in [9.17, 15) is 4.79 Å². The molecule has 126 valence electrons. The van der Waals surface area contributed by atoms with Crippen molar-refractivity contribution in [3.8, 4) is 11.3 Å². The monoisotopic (exact) mass is 392 g/mol. The van der Waals surface area contributed by atoms with Crippen LogP contribution in [-0.4, -0.2) is 12.1 Å². The fourth-order valence-electron chi connectivity index (χ4n) is 2.11. The van der Waals surface area contributed by atoms with E-state index >= 15 is 0 Å². The number of rotatable bonds is 4. The molecule has 1 amide bonds. The van der Waals surface area contributed by atoms with Crippen molar-refractivity contribution in [3.05, 3.63) is 81.0 Å². The number of hydrogen-bond acceptors (Lipinski definition) is 3. The third-order valence-electron chi connectivity index (χ3n) is 3.29. The van der Waals surface area contributed by atoms with Crippen LogP contribution < -0.4 is 5.43 Å². The van der Waals surface area contributed by atoms with E-state index in [1.54, 1.807) is 54.6 Å². The van der Waals surface area contributed by atoms with Crippen LogP contribution in [0.4, 0.5) is 0 Å². The van der Waals surface area contributed by atoms with Crippen molar-refractivity contribution in [2.24, 2.45) is 5.10 Å². The van der Waals surface area contributed by atoms with Crippen LogP contribution in [0.2, 0.25) is 15.1 Å². The summed E-state index contributed by atoms with van der Waals surface area (Å²) in [5.74, 6) is 0.635. The van der Waals surface area contributed by atoms with Crippen LogP contribution >= 0.6 is 34.8 Å². The molecule has 3 aromatic rings. The first-order valence-corrected chi connectivity index (χ1v) is 8.31. The first-order valence-electron chi connectivity index (χ1n) is 7.18. The molecule has 0 aliphatic heterocycles. The summed E-state index contributed by atoms with van der Waals surface area (Å²) in [5.41, 5.74) is 3.50. The molecule has 0 spiro atoms. The zero-order valence-electron chi connectivity index (χ0n) is 12.7. The maximum Gasteiger partial charge on any atom is 0.271 e. The largest absolute Gasteiger partial charge is 0.455 e. The van der Waals surface area contributed by atoms with Gasteiger partial charge in [0.25, 0.3) is 5.91 Å². The molecule has 3 rings (SSSR count). The minimum absolute atomic E-state index is 0.372. The second kappa shape index (κ2) is 7.74. The summed E-state index contributed by atoms with van der Waals surface area (Å²) in [6.07, 6.45) is 1.39. The highest BCUT2D eigenvalue weighted by Gasteiger charge is 2.10. The summed E-state index contributed by atoms with van der Waals surface area (Å²) in [6, 6.07) is 15.3. The molecular weight excluding hydrogens is 383 g/mol. The van der Waals surface area contributed by atoms with E-state index in [2.05, 4.69) is 10.5 Å². The Morgan fingerprint density at radius 1 is 1.04 bits per heavy atom. The third kappa shape index (κ3) is 4.23. The maximum absolute atomic E-state index is 11.9. The van der Waals surface area contributed by atoms with E-state index in [4.69, 9.17) is 39.2 Å². The highest BCUT2D eigenvalue weighted by molar-refractivity contribution is 6.43. The highest BCUT2D eigenvalue weighted by atomic mass is 35.5. The summed E-state index contributed by atoms with van der Waals surface area (Å²) in [6.45, 7) is 0. The van der Waals surface area contributed by atoms with Crippen LogP contribution in [0.3, 0.4) is 0 Å². The van der Waals surface area contributed by atoms with Crippen molar-refractivity contribution in [2.45, 2.75) is 0 Å². The van der Waals surface area contributed by atoms with Gasteiger partial charge in [-0.2, -0.15) is 5.10 Å². The molecule has 0 saturated carbocycles. The Kier molecular flexibility index (Phi) is 5.43. The molecule has 0 aliphatic rings. The van der Waals surface area contributed by atoms with Crippen LogP contribution in [0, 0.1) is 0 Å². The lowest BCUT2D eigenvalue weighted by Gasteiger charge is -2.02. The van der Waals surface area contributed by atoms with Gasteiger partial charge >= 0.3 is 0 Å². The van der Waals surface area contributed by atoms with Gasteiger partial charge in [0.05, 0.1) is 16.3 Å². The molecule has 1 heterocycles. The van der Waals surface area contributed by atoms with Gasteiger partial charge in [0, 0.05) is 16.1 Å². The maximum atomic E-state index is 11.9. The Morgan fingerprint density at radius 2 is 1.84 bits per heavy atom. The van der Waals surface area contributed by atoms with E-state index < -0.39 is 0 Å². The first-order chi connectivity index (χ1) is 12.0. The second-order valence-corrected chi connectivity index (χ2v) is 6.23. The van der Waals surface area contributed by atoms with Crippen molar-refractivity contribution < 1.29 is 9.21 Å². The summed E-state index contributed by atoms with van der Waals surface area (Å²) in [7, 11) is 0. The number of amides is 1. The van der Waals surface area contributed by atoms with Gasteiger partial charge in [-0.25, -0.2) is 5.43 Å². The molecule has 1 aromatic heterocycles. The normalized spacial score (nSPS) is 11.0. The summed E-state index contributed by atoms with van der Waals surface area (Å²) in [5, 5.41) is 5.21. The van der Waals surface area contributed by atoms with Crippen molar-refractivity contribution in [3.63, 3.8) is 0 Å². The van der Waals surface area contributed by atoms with E-state index in [1.807, 2.05) is 0 Å². The van der Waals surface area contributed by atoms with Crippen molar-refractivity contribution in [1.82, 2.24) is 5.43 Å². The van der Waals surface area contributed by atoms with Gasteiger partial charge in [-0.05, 0) is 42.5 Å². The van der Waals surface area contributed by atoms with Gasteiger partial charge in [0.15, 0.2) is 0 Å². The number of nitrogens with one attached hydrogen (secondary N) is 1. The zero-order chi connectivity index (χ0) is 17.8. The molecule has 1 N–H and O–H groups in total. The number of halogens is 3. The standard InChI is InChI=1S/C18H11Cl3N2O2/c19-12-4-1-3-11(9-12)18(24)23-22-10-13-7-8-16(25-13)14-5-2-6-15(20)17(14)21/h1-10H,(H,23,24)/b22-10+. The van der Waals surface area contributed by atoms with Crippen LogP contribution in [-0.2, 0) is 0 Å². The number of carbonyl (C=O) groups is 1. The Hall–Kier alpha value is -2.27. The number of hydrogen-bond donors (Lipinski definition) is 1. The molecular formula is C18H11Cl3N2O2. The Morgan fingerprint density at radius 3 is 2.64 bits per heavy atom. The number of furan rings is 1. The minimum atomic E-state index is -0.372. The molecule has 2 aromatic carbocycles. The number of hydrazone groups is 1. The number of carbonyl (C=O) groups excluding carboxylic acids is 1. The average molecular weight is 394 g/mol. The van der Waals surface area contributed by atoms with Crippen molar-refractivity contribution in [1.29, 1.82) is 0 Å². The minimum Gasteiger partial charge on any atom is -0.455 e. The molecule has 0 fully saturated rings. The summed E-state index contributed by atoms with van der Waals surface area (Å²) < 4.78 is 5.65. The van der Waals surface area contributed by atoms with Gasteiger partial charge in [-0.15, -0.1) is 0 Å². The Balaban J connectivity index is 1.70. The van der Waals surface area contributed by atoms with Crippen molar-refractivity contribution in [2.75, 3.05) is 0 Å². The number of nitrogens with zero attached hydrogens (tertiary/aromatic N) is 1. The molecule has 0 unspecified atom stereocenters. The Bertz CT molecular complexity index is 951. The topological polar surface area (TPSA) is 54.6 Å². The van der Waals surface area contributed by atoms with Gasteiger partial charge in [0.1, 0.15) is 11.5 Å². The first kappa shape index (κ1) is 17.5. The van der Waals surface area contributed by atoms with Gasteiger partial charge < -0.3 is 4.42 Å². The molecule has 25 heavy (non-hydrogen) atoms. The molecule has 0 saturated heterocycles. The summed E-state index contributed by atoms with van der Waals surface area (Å²) in [4.78, 5) is 11.9. The van der Waals surface area contributed by atoms with Gasteiger partial charge in [-0.3, -0.25) is 4.79 Å². The second-order valence-electron chi connectivity index (χ2n) is 5.01. The highest BCUT2D eigenvalue weighted by Crippen LogP contribution is 2.34. The lowest BCUT2D eigenvalue weighted by molar-refractivity contribution is 0.0955. The molecule has 4 nitrogen and oxygen atoms in total.